The lowest BCUT2D eigenvalue weighted by Gasteiger charge is -1.93. The Hall–Kier alpha value is -1.37. The molecule has 0 atom stereocenters. The summed E-state index contributed by atoms with van der Waals surface area (Å²) < 4.78 is 2.21. The van der Waals surface area contributed by atoms with E-state index in [-0.39, 0.29) is 0 Å². The van der Waals surface area contributed by atoms with E-state index >= 15 is 0 Å². The first-order chi connectivity index (χ1) is 5.47. The maximum absolute atomic E-state index is 2.21. The van der Waals surface area contributed by atoms with Crippen molar-refractivity contribution < 1.29 is 4.58 Å². The highest BCUT2D eigenvalue weighted by molar-refractivity contribution is 5.69. The van der Waals surface area contributed by atoms with Crippen LogP contribution in [0.3, 0.4) is 0 Å². The van der Waals surface area contributed by atoms with Crippen molar-refractivity contribution in [2.24, 2.45) is 0 Å². The standard InChI is InChI=1S/C10H10N/c1-2-6-10(7-3-1)11-8-4-5-9-11/h1-8H,9H2/q+1. The summed E-state index contributed by atoms with van der Waals surface area (Å²) >= 11 is 0. The molecule has 1 heteroatoms. The Morgan fingerprint density at radius 3 is 2.55 bits per heavy atom. The van der Waals surface area contributed by atoms with Crippen molar-refractivity contribution in [2.45, 2.75) is 0 Å². The van der Waals surface area contributed by atoms with Crippen LogP contribution in [-0.4, -0.2) is 17.3 Å². The van der Waals surface area contributed by atoms with Crippen molar-refractivity contribution >= 4 is 11.9 Å². The average molecular weight is 144 g/mol. The van der Waals surface area contributed by atoms with Crippen LogP contribution < -0.4 is 0 Å². The van der Waals surface area contributed by atoms with E-state index in [2.05, 4.69) is 47.2 Å². The molecule has 1 heterocycles. The first-order valence-electron chi connectivity index (χ1n) is 3.78. The molecular weight excluding hydrogens is 134 g/mol. The minimum absolute atomic E-state index is 1.00. The summed E-state index contributed by atoms with van der Waals surface area (Å²) in [5.41, 5.74) is 1.26. The summed E-state index contributed by atoms with van der Waals surface area (Å²) in [6.07, 6.45) is 6.31. The van der Waals surface area contributed by atoms with Crippen molar-refractivity contribution in [2.75, 3.05) is 6.54 Å². The van der Waals surface area contributed by atoms with E-state index < -0.39 is 0 Å². The molecule has 1 nitrogen and oxygen atoms in total. The minimum atomic E-state index is 1.00. The van der Waals surface area contributed by atoms with Gasteiger partial charge in [0.05, 0.1) is 0 Å². The lowest BCUT2D eigenvalue weighted by molar-refractivity contribution is -0.418. The third-order valence-electron chi connectivity index (χ3n) is 1.79. The second-order valence-corrected chi connectivity index (χ2v) is 2.57. The maximum atomic E-state index is 2.21. The Labute approximate surface area is 66.3 Å². The van der Waals surface area contributed by atoms with Crippen molar-refractivity contribution in [3.63, 3.8) is 0 Å². The number of hydrogen-bond donors (Lipinski definition) is 0. The second-order valence-electron chi connectivity index (χ2n) is 2.57. The molecular formula is C10H10N+. The van der Waals surface area contributed by atoms with Gasteiger partial charge >= 0.3 is 0 Å². The molecule has 0 fully saturated rings. The van der Waals surface area contributed by atoms with Crippen molar-refractivity contribution in [3.05, 3.63) is 42.5 Å². The first kappa shape index (κ1) is 6.35. The molecule has 0 saturated carbocycles. The van der Waals surface area contributed by atoms with Crippen LogP contribution in [0.25, 0.3) is 0 Å². The summed E-state index contributed by atoms with van der Waals surface area (Å²) in [5, 5.41) is 0. The molecule has 11 heavy (non-hydrogen) atoms. The van der Waals surface area contributed by atoms with Gasteiger partial charge in [0.2, 0.25) is 5.69 Å². The van der Waals surface area contributed by atoms with Gasteiger partial charge in [0.1, 0.15) is 0 Å². The Kier molecular flexibility index (Phi) is 1.56. The van der Waals surface area contributed by atoms with Gasteiger partial charge in [0.25, 0.3) is 0 Å². The smallest absolute Gasteiger partial charge is 0.195 e. The van der Waals surface area contributed by atoms with E-state index in [1.54, 1.807) is 0 Å². The van der Waals surface area contributed by atoms with Gasteiger partial charge in [-0.1, -0.05) is 18.2 Å². The highest BCUT2D eigenvalue weighted by Gasteiger charge is 2.07. The van der Waals surface area contributed by atoms with Gasteiger partial charge in [-0.2, -0.15) is 4.58 Å². The number of allylic oxidation sites excluding steroid dienone is 1. The SMILES string of the molecule is C1=CC[N+](c2ccccc2)=C1. The van der Waals surface area contributed by atoms with Crippen LogP contribution in [0.4, 0.5) is 5.69 Å². The molecule has 54 valence electrons. The number of hydrogen-bond acceptors (Lipinski definition) is 0. The van der Waals surface area contributed by atoms with Crippen LogP contribution in [0.5, 0.6) is 0 Å². The lowest BCUT2D eigenvalue weighted by atomic mass is 10.3. The fourth-order valence-electron chi connectivity index (χ4n) is 1.21. The zero-order valence-corrected chi connectivity index (χ0v) is 6.27. The Morgan fingerprint density at radius 1 is 1.09 bits per heavy atom. The van der Waals surface area contributed by atoms with E-state index in [0.29, 0.717) is 0 Å². The third-order valence-corrected chi connectivity index (χ3v) is 1.79. The van der Waals surface area contributed by atoms with Crippen LogP contribution in [0.15, 0.2) is 42.5 Å². The van der Waals surface area contributed by atoms with Gasteiger partial charge in [0.15, 0.2) is 12.8 Å². The molecule has 0 saturated heterocycles. The molecule has 2 rings (SSSR count). The molecule has 1 aromatic carbocycles. The van der Waals surface area contributed by atoms with Crippen molar-refractivity contribution in [3.8, 4) is 0 Å². The van der Waals surface area contributed by atoms with E-state index in [0.717, 1.165) is 6.54 Å². The predicted molar refractivity (Wildman–Crippen MR) is 46.4 cm³/mol. The summed E-state index contributed by atoms with van der Waals surface area (Å²) in [6.45, 7) is 1.00. The maximum Gasteiger partial charge on any atom is 0.205 e. The Balaban J connectivity index is 2.31. The van der Waals surface area contributed by atoms with Crippen LogP contribution >= 0.6 is 0 Å². The molecule has 0 unspecified atom stereocenters. The molecule has 0 aliphatic carbocycles. The van der Waals surface area contributed by atoms with E-state index in [9.17, 15) is 0 Å². The van der Waals surface area contributed by atoms with E-state index in [1.165, 1.54) is 5.69 Å². The fraction of sp³-hybridized carbons (Fsp3) is 0.100. The van der Waals surface area contributed by atoms with E-state index in [4.69, 9.17) is 0 Å². The number of nitrogens with zero attached hydrogens (tertiary/aromatic N) is 1. The Morgan fingerprint density at radius 2 is 1.91 bits per heavy atom. The van der Waals surface area contributed by atoms with Gasteiger partial charge in [-0.3, -0.25) is 0 Å². The molecule has 0 amide bonds. The highest BCUT2D eigenvalue weighted by Crippen LogP contribution is 2.10. The molecule has 1 aliphatic rings. The summed E-state index contributed by atoms with van der Waals surface area (Å²) in [5.74, 6) is 0. The quantitative estimate of drug-likeness (QED) is 0.530. The van der Waals surface area contributed by atoms with Crippen LogP contribution in [-0.2, 0) is 0 Å². The molecule has 0 radical (unpaired) electrons. The summed E-state index contributed by atoms with van der Waals surface area (Å²) in [7, 11) is 0. The monoisotopic (exact) mass is 144 g/mol. The van der Waals surface area contributed by atoms with Gasteiger partial charge in [-0.25, -0.2) is 0 Å². The Bertz CT molecular complexity index is 296. The molecule has 0 bridgehead atoms. The lowest BCUT2D eigenvalue weighted by Crippen LogP contribution is -2.00. The zero-order chi connectivity index (χ0) is 7.52. The molecule has 0 N–H and O–H groups in total. The predicted octanol–water partition coefficient (Wildman–Crippen LogP) is 1.97. The van der Waals surface area contributed by atoms with Gasteiger partial charge < -0.3 is 0 Å². The minimum Gasteiger partial charge on any atom is -0.195 e. The summed E-state index contributed by atoms with van der Waals surface area (Å²) in [6, 6.07) is 10.4. The van der Waals surface area contributed by atoms with E-state index in [1.807, 2.05) is 6.07 Å². The van der Waals surface area contributed by atoms with Crippen molar-refractivity contribution in [1.82, 2.24) is 0 Å². The van der Waals surface area contributed by atoms with Gasteiger partial charge in [0, 0.05) is 18.2 Å². The molecule has 1 aromatic rings. The van der Waals surface area contributed by atoms with Crippen LogP contribution in [0.2, 0.25) is 0 Å². The fourth-order valence-corrected chi connectivity index (χ4v) is 1.21. The molecule has 1 aliphatic heterocycles. The van der Waals surface area contributed by atoms with Gasteiger partial charge in [-0.15, -0.1) is 0 Å². The average Bonchev–Trinajstić information content (AvgIpc) is 2.58. The number of rotatable bonds is 1. The third kappa shape index (κ3) is 1.22. The molecule has 0 spiro atoms. The zero-order valence-electron chi connectivity index (χ0n) is 6.27. The van der Waals surface area contributed by atoms with Crippen molar-refractivity contribution in [1.29, 1.82) is 0 Å². The first-order valence-corrected chi connectivity index (χ1v) is 3.78. The largest absolute Gasteiger partial charge is 0.205 e. The van der Waals surface area contributed by atoms with Crippen LogP contribution in [0.1, 0.15) is 0 Å². The topological polar surface area (TPSA) is 3.01 Å². The van der Waals surface area contributed by atoms with Gasteiger partial charge in [-0.05, 0) is 6.08 Å². The number of para-hydroxylation sites is 1. The second kappa shape index (κ2) is 2.70. The highest BCUT2D eigenvalue weighted by atomic mass is 15.0. The normalized spacial score (nSPS) is 15.1. The molecule has 0 aromatic heterocycles. The van der Waals surface area contributed by atoms with Crippen LogP contribution in [0, 0.1) is 0 Å². The number of benzene rings is 1. The summed E-state index contributed by atoms with van der Waals surface area (Å²) in [4.78, 5) is 0.